The minimum atomic E-state index is -0.181. The molecule has 0 bridgehead atoms. The Morgan fingerprint density at radius 1 is 1.32 bits per heavy atom. The molecule has 1 aromatic rings. The second kappa shape index (κ2) is 6.89. The average molecular weight is 270 g/mol. The molecule has 19 heavy (non-hydrogen) atoms. The van der Waals surface area contributed by atoms with Crippen molar-refractivity contribution in [3.63, 3.8) is 0 Å². The van der Waals surface area contributed by atoms with Crippen molar-refractivity contribution in [3.8, 4) is 0 Å². The Labute approximate surface area is 115 Å². The van der Waals surface area contributed by atoms with E-state index in [-0.39, 0.29) is 12.1 Å². The second-order valence-corrected chi connectivity index (χ2v) is 6.07. The van der Waals surface area contributed by atoms with E-state index < -0.39 is 0 Å². The van der Waals surface area contributed by atoms with E-state index in [1.54, 1.807) is 0 Å². The number of aromatic nitrogens is 2. The van der Waals surface area contributed by atoms with Gasteiger partial charge in [-0.25, -0.2) is 4.39 Å². The maximum Gasteiger partial charge on any atom is 0.145 e. The molecule has 0 atom stereocenters. The summed E-state index contributed by atoms with van der Waals surface area (Å²) in [5.74, 6) is 0.595. The molecule has 2 N–H and O–H groups in total. The number of likely N-dealkylation sites (tertiary alicyclic amines) is 1. The number of nitrogens with zero attached hydrogens (tertiary/aromatic N) is 3. The number of anilines is 1. The van der Waals surface area contributed by atoms with E-state index in [0.717, 1.165) is 18.8 Å². The first-order valence-electron chi connectivity index (χ1n) is 6.93. The molecule has 0 aromatic carbocycles. The van der Waals surface area contributed by atoms with E-state index >= 15 is 0 Å². The SMILES string of the molecule is Cn1nc(N)cc1C(C)(C)C.FCCN1CCCC1. The molecule has 2 heterocycles. The van der Waals surface area contributed by atoms with Gasteiger partial charge in [-0.2, -0.15) is 5.10 Å². The fraction of sp³-hybridized carbons (Fsp3) is 0.786. The third-order valence-corrected chi connectivity index (χ3v) is 3.27. The highest BCUT2D eigenvalue weighted by molar-refractivity contribution is 5.32. The Morgan fingerprint density at radius 2 is 1.89 bits per heavy atom. The van der Waals surface area contributed by atoms with E-state index in [0.29, 0.717) is 12.4 Å². The molecule has 1 aliphatic heterocycles. The van der Waals surface area contributed by atoms with Crippen LogP contribution in [0.3, 0.4) is 0 Å². The number of nitrogens with two attached hydrogens (primary N) is 1. The van der Waals surface area contributed by atoms with Crippen LogP contribution in [0.15, 0.2) is 6.07 Å². The molecule has 0 amide bonds. The highest BCUT2D eigenvalue weighted by Crippen LogP contribution is 2.22. The molecule has 110 valence electrons. The van der Waals surface area contributed by atoms with Gasteiger partial charge in [0.2, 0.25) is 0 Å². The summed E-state index contributed by atoms with van der Waals surface area (Å²) in [5, 5.41) is 4.07. The molecule has 1 aliphatic rings. The average Bonchev–Trinajstić information content (AvgIpc) is 2.89. The number of halogens is 1. The zero-order chi connectivity index (χ0) is 14.5. The van der Waals surface area contributed by atoms with Crippen molar-refractivity contribution < 1.29 is 4.39 Å². The van der Waals surface area contributed by atoms with Crippen LogP contribution >= 0.6 is 0 Å². The van der Waals surface area contributed by atoms with Gasteiger partial charge in [-0.3, -0.25) is 4.68 Å². The smallest absolute Gasteiger partial charge is 0.145 e. The summed E-state index contributed by atoms with van der Waals surface area (Å²) in [6.45, 7) is 9.13. The predicted octanol–water partition coefficient (Wildman–Crippen LogP) is 2.35. The van der Waals surface area contributed by atoms with Crippen LogP contribution in [0.25, 0.3) is 0 Å². The third-order valence-electron chi connectivity index (χ3n) is 3.27. The van der Waals surface area contributed by atoms with Gasteiger partial charge in [-0.05, 0) is 25.9 Å². The summed E-state index contributed by atoms with van der Waals surface area (Å²) in [5.41, 5.74) is 6.83. The molecule has 2 rings (SSSR count). The monoisotopic (exact) mass is 270 g/mol. The zero-order valence-electron chi connectivity index (χ0n) is 12.6. The fourth-order valence-corrected chi connectivity index (χ4v) is 2.32. The number of hydrogen-bond acceptors (Lipinski definition) is 3. The van der Waals surface area contributed by atoms with Crippen molar-refractivity contribution in [3.05, 3.63) is 11.8 Å². The maximum absolute atomic E-state index is 11.6. The second-order valence-electron chi connectivity index (χ2n) is 6.07. The van der Waals surface area contributed by atoms with E-state index in [1.807, 2.05) is 17.8 Å². The number of rotatable bonds is 2. The molecule has 0 unspecified atom stereocenters. The summed E-state index contributed by atoms with van der Waals surface area (Å²) in [4.78, 5) is 2.17. The van der Waals surface area contributed by atoms with Crippen molar-refractivity contribution in [2.45, 2.75) is 39.0 Å². The van der Waals surface area contributed by atoms with Crippen molar-refractivity contribution in [1.82, 2.24) is 14.7 Å². The van der Waals surface area contributed by atoms with Gasteiger partial charge in [0.15, 0.2) is 0 Å². The van der Waals surface area contributed by atoms with E-state index in [9.17, 15) is 4.39 Å². The lowest BCUT2D eigenvalue weighted by Gasteiger charge is -2.17. The van der Waals surface area contributed by atoms with E-state index in [4.69, 9.17) is 5.73 Å². The summed E-state index contributed by atoms with van der Waals surface area (Å²) in [6.07, 6.45) is 2.53. The van der Waals surface area contributed by atoms with Gasteiger partial charge >= 0.3 is 0 Å². The molecule has 0 radical (unpaired) electrons. The Kier molecular flexibility index (Phi) is 5.79. The van der Waals surface area contributed by atoms with Gasteiger partial charge in [-0.15, -0.1) is 0 Å². The van der Waals surface area contributed by atoms with E-state index in [2.05, 4.69) is 30.8 Å². The Bertz CT molecular complexity index is 375. The van der Waals surface area contributed by atoms with Crippen LogP contribution in [0.4, 0.5) is 10.2 Å². The van der Waals surface area contributed by atoms with Crippen molar-refractivity contribution in [2.24, 2.45) is 7.05 Å². The van der Waals surface area contributed by atoms with Crippen LogP contribution in [0.5, 0.6) is 0 Å². The Balaban J connectivity index is 0.000000200. The van der Waals surface area contributed by atoms with Crippen molar-refractivity contribution >= 4 is 5.82 Å². The first kappa shape index (κ1) is 16.0. The van der Waals surface area contributed by atoms with Crippen LogP contribution in [0.1, 0.15) is 39.3 Å². The normalized spacial score (nSPS) is 16.3. The van der Waals surface area contributed by atoms with Gasteiger partial charge in [0.1, 0.15) is 12.5 Å². The zero-order valence-corrected chi connectivity index (χ0v) is 12.6. The predicted molar refractivity (Wildman–Crippen MR) is 78.0 cm³/mol. The van der Waals surface area contributed by atoms with Crippen LogP contribution < -0.4 is 5.73 Å². The summed E-state index contributed by atoms with van der Waals surface area (Å²) in [7, 11) is 1.91. The van der Waals surface area contributed by atoms with Crippen LogP contribution in [-0.2, 0) is 12.5 Å². The summed E-state index contributed by atoms with van der Waals surface area (Å²) in [6, 6.07) is 1.92. The van der Waals surface area contributed by atoms with Gasteiger partial charge in [-0.1, -0.05) is 20.8 Å². The standard InChI is InChI=1S/C8H15N3.C6H12FN/c1-8(2,3)6-5-7(9)10-11(6)4;7-3-6-8-4-1-2-5-8/h5H,1-4H3,(H2,9,10);1-6H2. The lowest BCUT2D eigenvalue weighted by Crippen LogP contribution is -2.21. The molecule has 5 heteroatoms. The molecular formula is C14H27FN4. The van der Waals surface area contributed by atoms with E-state index in [1.165, 1.54) is 12.8 Å². The number of aryl methyl sites for hydroxylation is 1. The summed E-state index contributed by atoms with van der Waals surface area (Å²) < 4.78 is 13.4. The molecule has 4 nitrogen and oxygen atoms in total. The highest BCUT2D eigenvalue weighted by atomic mass is 19.1. The van der Waals surface area contributed by atoms with Crippen molar-refractivity contribution in [1.29, 1.82) is 0 Å². The highest BCUT2D eigenvalue weighted by Gasteiger charge is 2.18. The van der Waals surface area contributed by atoms with Crippen LogP contribution in [0, 0.1) is 0 Å². The number of alkyl halides is 1. The third kappa shape index (κ3) is 5.19. The maximum atomic E-state index is 11.6. The topological polar surface area (TPSA) is 47.1 Å². The van der Waals surface area contributed by atoms with Gasteiger partial charge in [0, 0.05) is 30.8 Å². The molecule has 0 saturated carbocycles. The Hall–Kier alpha value is -1.10. The lowest BCUT2D eigenvalue weighted by molar-refractivity contribution is 0.297. The lowest BCUT2D eigenvalue weighted by atomic mass is 9.92. The molecule has 0 aliphatic carbocycles. The first-order valence-corrected chi connectivity index (χ1v) is 6.93. The quantitative estimate of drug-likeness (QED) is 0.897. The molecule has 1 fully saturated rings. The minimum absolute atomic E-state index is 0.124. The first-order chi connectivity index (χ1) is 8.84. The van der Waals surface area contributed by atoms with Gasteiger partial charge in [0.05, 0.1) is 0 Å². The Morgan fingerprint density at radius 3 is 2.21 bits per heavy atom. The largest absolute Gasteiger partial charge is 0.382 e. The number of nitrogen functional groups attached to an aromatic ring is 1. The van der Waals surface area contributed by atoms with Gasteiger partial charge in [0.25, 0.3) is 0 Å². The van der Waals surface area contributed by atoms with Crippen LogP contribution in [-0.4, -0.2) is 41.0 Å². The van der Waals surface area contributed by atoms with Gasteiger partial charge < -0.3 is 10.6 Å². The molecule has 1 saturated heterocycles. The molecule has 0 spiro atoms. The van der Waals surface area contributed by atoms with Crippen molar-refractivity contribution in [2.75, 3.05) is 32.0 Å². The van der Waals surface area contributed by atoms with Crippen LogP contribution in [0.2, 0.25) is 0 Å². The molecular weight excluding hydrogens is 243 g/mol. The minimum Gasteiger partial charge on any atom is -0.382 e. The molecule has 1 aromatic heterocycles. The number of hydrogen-bond donors (Lipinski definition) is 1. The fourth-order valence-electron chi connectivity index (χ4n) is 2.32. The summed E-state index contributed by atoms with van der Waals surface area (Å²) >= 11 is 0.